The van der Waals surface area contributed by atoms with Crippen molar-refractivity contribution >= 4 is 21.6 Å². The maximum atomic E-state index is 12.2. The molecule has 0 aliphatic carbocycles. The molecule has 6 nitrogen and oxygen atoms in total. The van der Waals surface area contributed by atoms with Crippen LogP contribution in [0.5, 0.6) is 5.75 Å². The van der Waals surface area contributed by atoms with Crippen LogP contribution in [0.3, 0.4) is 0 Å². The van der Waals surface area contributed by atoms with Crippen molar-refractivity contribution in [3.05, 3.63) is 59.2 Å². The zero-order chi connectivity index (χ0) is 18.4. The molecule has 2 N–H and O–H groups in total. The Balaban J connectivity index is 1.88. The number of amides is 1. The van der Waals surface area contributed by atoms with E-state index in [1.807, 2.05) is 31.2 Å². The first kappa shape index (κ1) is 18.8. The number of nitrogens with one attached hydrogen (secondary N) is 2. The molecule has 25 heavy (non-hydrogen) atoms. The lowest BCUT2D eigenvalue weighted by molar-refractivity contribution is 0.0947. The maximum absolute atomic E-state index is 12.2. The number of benzene rings is 2. The Morgan fingerprint density at radius 2 is 1.80 bits per heavy atom. The Labute approximate surface area is 148 Å². The molecular weight excluding hydrogens is 340 g/mol. The van der Waals surface area contributed by atoms with E-state index in [0.29, 0.717) is 30.0 Å². The molecular formula is C18H22N2O4S. The van der Waals surface area contributed by atoms with Crippen LogP contribution in [0, 0.1) is 13.8 Å². The summed E-state index contributed by atoms with van der Waals surface area (Å²) in [5.74, 6) is 0.561. The molecule has 0 aliphatic rings. The highest BCUT2D eigenvalue weighted by Gasteiger charge is 2.10. The minimum absolute atomic E-state index is 0.234. The third-order valence-corrected chi connectivity index (χ3v) is 4.11. The van der Waals surface area contributed by atoms with Crippen LogP contribution in [0.1, 0.15) is 21.5 Å². The Hall–Kier alpha value is -2.54. The number of carbonyl (C=O) groups excluding carboxylic acids is 1. The number of hydrogen-bond acceptors (Lipinski definition) is 4. The van der Waals surface area contributed by atoms with Gasteiger partial charge in [0, 0.05) is 5.56 Å². The quantitative estimate of drug-likeness (QED) is 0.741. The zero-order valence-corrected chi connectivity index (χ0v) is 15.3. The van der Waals surface area contributed by atoms with Crippen molar-refractivity contribution in [1.29, 1.82) is 0 Å². The van der Waals surface area contributed by atoms with Gasteiger partial charge in [0.15, 0.2) is 0 Å². The van der Waals surface area contributed by atoms with Gasteiger partial charge in [0.05, 0.1) is 18.5 Å². The monoisotopic (exact) mass is 362 g/mol. The highest BCUT2D eigenvalue weighted by Crippen LogP contribution is 2.18. The molecule has 7 heteroatoms. The van der Waals surface area contributed by atoms with E-state index in [2.05, 4.69) is 10.0 Å². The van der Waals surface area contributed by atoms with Gasteiger partial charge in [-0.15, -0.1) is 0 Å². The van der Waals surface area contributed by atoms with Crippen molar-refractivity contribution in [1.82, 2.24) is 5.32 Å². The number of ether oxygens (including phenoxy) is 1. The highest BCUT2D eigenvalue weighted by atomic mass is 32.2. The minimum Gasteiger partial charge on any atom is -0.491 e. The van der Waals surface area contributed by atoms with Crippen LogP contribution in [0.4, 0.5) is 5.69 Å². The molecule has 2 aromatic rings. The van der Waals surface area contributed by atoms with Crippen molar-refractivity contribution in [2.75, 3.05) is 24.1 Å². The van der Waals surface area contributed by atoms with Crippen LogP contribution in [0.15, 0.2) is 42.5 Å². The second kappa shape index (κ2) is 8.02. The summed E-state index contributed by atoms with van der Waals surface area (Å²) in [4.78, 5) is 12.2. The fourth-order valence-electron chi connectivity index (χ4n) is 2.27. The third kappa shape index (κ3) is 5.79. The molecule has 0 aliphatic heterocycles. The van der Waals surface area contributed by atoms with Gasteiger partial charge in [-0.3, -0.25) is 9.52 Å². The maximum Gasteiger partial charge on any atom is 0.251 e. The molecule has 0 saturated heterocycles. The lowest BCUT2D eigenvalue weighted by Gasteiger charge is -2.11. The standard InChI is InChI=1S/C18H22N2O4S/c1-13-6-4-5-7-17(13)24-11-10-19-18(21)15-8-9-16(14(2)12-15)20-25(3,22)23/h4-9,12,20H,10-11H2,1-3H3,(H,19,21). The average Bonchev–Trinajstić information content (AvgIpc) is 2.53. The molecule has 0 bridgehead atoms. The number of rotatable bonds is 7. The molecule has 134 valence electrons. The van der Waals surface area contributed by atoms with E-state index < -0.39 is 10.0 Å². The molecule has 0 saturated carbocycles. The predicted molar refractivity (Wildman–Crippen MR) is 98.7 cm³/mol. The van der Waals surface area contributed by atoms with Crippen LogP contribution >= 0.6 is 0 Å². The van der Waals surface area contributed by atoms with Crippen molar-refractivity contribution in [2.24, 2.45) is 0 Å². The SMILES string of the molecule is Cc1cc(C(=O)NCCOc2ccccc2C)ccc1NS(C)(=O)=O. The summed E-state index contributed by atoms with van der Waals surface area (Å²) in [6.07, 6.45) is 1.08. The number of anilines is 1. The summed E-state index contributed by atoms with van der Waals surface area (Å²) in [5.41, 5.74) is 2.64. The topological polar surface area (TPSA) is 84.5 Å². The summed E-state index contributed by atoms with van der Waals surface area (Å²) < 4.78 is 30.6. The summed E-state index contributed by atoms with van der Waals surface area (Å²) in [6, 6.07) is 12.5. The minimum atomic E-state index is -3.35. The summed E-state index contributed by atoms with van der Waals surface area (Å²) >= 11 is 0. The van der Waals surface area contributed by atoms with Crippen molar-refractivity contribution in [2.45, 2.75) is 13.8 Å². The molecule has 2 aromatic carbocycles. The van der Waals surface area contributed by atoms with Crippen LogP contribution in [-0.2, 0) is 10.0 Å². The summed E-state index contributed by atoms with van der Waals surface area (Å²) in [6.45, 7) is 4.44. The Kier molecular flexibility index (Phi) is 6.03. The first-order chi connectivity index (χ1) is 11.8. The van der Waals surface area contributed by atoms with E-state index >= 15 is 0 Å². The van der Waals surface area contributed by atoms with E-state index in [0.717, 1.165) is 17.6 Å². The molecule has 0 unspecified atom stereocenters. The van der Waals surface area contributed by atoms with E-state index in [4.69, 9.17) is 4.74 Å². The predicted octanol–water partition coefficient (Wildman–Crippen LogP) is 2.48. The smallest absolute Gasteiger partial charge is 0.251 e. The van der Waals surface area contributed by atoms with Crippen LogP contribution < -0.4 is 14.8 Å². The molecule has 1 amide bonds. The number of para-hydroxylation sites is 1. The van der Waals surface area contributed by atoms with Gasteiger partial charge in [-0.25, -0.2) is 8.42 Å². The fraction of sp³-hybridized carbons (Fsp3) is 0.278. The molecule has 0 spiro atoms. The van der Waals surface area contributed by atoms with Gasteiger partial charge in [0.2, 0.25) is 10.0 Å². The van der Waals surface area contributed by atoms with Crippen molar-refractivity contribution in [3.8, 4) is 5.75 Å². The highest BCUT2D eigenvalue weighted by molar-refractivity contribution is 7.92. The zero-order valence-electron chi connectivity index (χ0n) is 14.5. The van der Waals surface area contributed by atoms with Crippen molar-refractivity contribution < 1.29 is 17.9 Å². The lowest BCUT2D eigenvalue weighted by Crippen LogP contribution is -2.28. The van der Waals surface area contributed by atoms with Gasteiger partial charge in [-0.1, -0.05) is 18.2 Å². The summed E-state index contributed by atoms with van der Waals surface area (Å²) in [7, 11) is -3.35. The van der Waals surface area contributed by atoms with Gasteiger partial charge < -0.3 is 10.1 Å². The molecule has 2 rings (SSSR count). The number of carbonyl (C=O) groups is 1. The first-order valence-electron chi connectivity index (χ1n) is 7.81. The lowest BCUT2D eigenvalue weighted by atomic mass is 10.1. The van der Waals surface area contributed by atoms with Crippen LogP contribution in [0.2, 0.25) is 0 Å². The second-order valence-electron chi connectivity index (χ2n) is 5.77. The normalized spacial score (nSPS) is 11.0. The third-order valence-electron chi connectivity index (χ3n) is 3.52. The molecule has 0 radical (unpaired) electrons. The largest absolute Gasteiger partial charge is 0.491 e. The van der Waals surface area contributed by atoms with E-state index in [1.54, 1.807) is 25.1 Å². The fourth-order valence-corrected chi connectivity index (χ4v) is 2.89. The van der Waals surface area contributed by atoms with Gasteiger partial charge in [0.1, 0.15) is 12.4 Å². The summed E-state index contributed by atoms with van der Waals surface area (Å²) in [5, 5.41) is 2.78. The molecule has 0 aromatic heterocycles. The van der Waals surface area contributed by atoms with Gasteiger partial charge in [-0.05, 0) is 49.2 Å². The molecule has 0 heterocycles. The average molecular weight is 362 g/mol. The number of sulfonamides is 1. The van der Waals surface area contributed by atoms with Crippen LogP contribution in [0.25, 0.3) is 0 Å². The molecule has 0 atom stereocenters. The van der Waals surface area contributed by atoms with E-state index in [1.165, 1.54) is 0 Å². The van der Waals surface area contributed by atoms with E-state index in [9.17, 15) is 13.2 Å². The van der Waals surface area contributed by atoms with Gasteiger partial charge >= 0.3 is 0 Å². The van der Waals surface area contributed by atoms with E-state index in [-0.39, 0.29) is 5.91 Å². The Bertz CT molecular complexity index is 863. The number of hydrogen-bond donors (Lipinski definition) is 2. The second-order valence-corrected chi connectivity index (χ2v) is 7.52. The number of aryl methyl sites for hydroxylation is 2. The van der Waals surface area contributed by atoms with Crippen LogP contribution in [-0.4, -0.2) is 33.7 Å². The van der Waals surface area contributed by atoms with Gasteiger partial charge in [-0.2, -0.15) is 0 Å². The van der Waals surface area contributed by atoms with Crippen molar-refractivity contribution in [3.63, 3.8) is 0 Å². The molecule has 0 fully saturated rings. The Morgan fingerprint density at radius 1 is 1.08 bits per heavy atom. The first-order valence-corrected chi connectivity index (χ1v) is 9.70. The Morgan fingerprint density at radius 3 is 2.44 bits per heavy atom. The van der Waals surface area contributed by atoms with Gasteiger partial charge in [0.25, 0.3) is 5.91 Å².